The van der Waals surface area contributed by atoms with Crippen molar-refractivity contribution in [3.8, 4) is 16.6 Å². The fourth-order valence-electron chi connectivity index (χ4n) is 1.79. The number of aromatic amines is 1. The van der Waals surface area contributed by atoms with Crippen LogP contribution in [0.1, 0.15) is 15.9 Å². The van der Waals surface area contributed by atoms with Gasteiger partial charge >= 0.3 is 6.03 Å². The zero-order valence-corrected chi connectivity index (χ0v) is 11.1. The maximum absolute atomic E-state index is 11.4. The third-order valence-electron chi connectivity index (χ3n) is 2.59. The molecule has 0 fully saturated rings. The van der Waals surface area contributed by atoms with Crippen molar-refractivity contribution in [2.24, 2.45) is 11.5 Å². The van der Waals surface area contributed by atoms with Crippen LogP contribution in [0.25, 0.3) is 10.6 Å². The molecule has 0 spiro atoms. The van der Waals surface area contributed by atoms with Crippen LogP contribution in [-0.2, 0) is 6.42 Å². The Balaban J connectivity index is 2.47. The van der Waals surface area contributed by atoms with Gasteiger partial charge in [-0.25, -0.2) is 4.79 Å². The predicted molar refractivity (Wildman–Crippen MR) is 75.1 cm³/mol. The monoisotopic (exact) mass is 289 g/mol. The number of nitriles is 1. The van der Waals surface area contributed by atoms with E-state index in [0.717, 1.165) is 10.4 Å². The first kappa shape index (κ1) is 13.6. The van der Waals surface area contributed by atoms with E-state index in [0.29, 0.717) is 5.69 Å². The molecule has 8 heteroatoms. The van der Waals surface area contributed by atoms with Crippen LogP contribution in [0.4, 0.5) is 10.6 Å². The Kier molecular flexibility index (Phi) is 3.72. The zero-order valence-electron chi connectivity index (χ0n) is 10.3. The number of hydrogen-bond acceptors (Lipinski definition) is 4. The van der Waals surface area contributed by atoms with E-state index >= 15 is 0 Å². The van der Waals surface area contributed by atoms with Crippen molar-refractivity contribution in [2.75, 3.05) is 5.32 Å². The molecule has 20 heavy (non-hydrogen) atoms. The molecule has 7 nitrogen and oxygen atoms in total. The average Bonchev–Trinajstić information content (AvgIpc) is 2.95. The van der Waals surface area contributed by atoms with Crippen molar-refractivity contribution in [1.82, 2.24) is 4.98 Å². The first-order valence-electron chi connectivity index (χ1n) is 5.56. The summed E-state index contributed by atoms with van der Waals surface area (Å²) in [5, 5.41) is 12.9. The number of carbonyl (C=O) groups is 2. The smallest absolute Gasteiger partial charge is 0.317 e. The number of primary amides is 2. The highest BCUT2D eigenvalue weighted by Gasteiger charge is 2.17. The van der Waals surface area contributed by atoms with Gasteiger partial charge in [0, 0.05) is 0 Å². The fourth-order valence-corrected chi connectivity index (χ4v) is 2.69. The van der Waals surface area contributed by atoms with Gasteiger partial charge in [-0.15, -0.1) is 11.3 Å². The van der Waals surface area contributed by atoms with Crippen LogP contribution in [0.3, 0.4) is 0 Å². The highest BCUT2D eigenvalue weighted by molar-refractivity contribution is 7.13. The summed E-state index contributed by atoms with van der Waals surface area (Å²) < 4.78 is 0. The zero-order chi connectivity index (χ0) is 14.7. The molecule has 0 radical (unpaired) electrons. The second-order valence-corrected chi connectivity index (χ2v) is 4.85. The van der Waals surface area contributed by atoms with Crippen LogP contribution in [0.15, 0.2) is 17.5 Å². The molecular formula is C12H11N5O2S. The van der Waals surface area contributed by atoms with Gasteiger partial charge in [0.1, 0.15) is 5.82 Å². The highest BCUT2D eigenvalue weighted by atomic mass is 32.1. The van der Waals surface area contributed by atoms with E-state index in [1.165, 1.54) is 17.4 Å². The van der Waals surface area contributed by atoms with E-state index in [-0.39, 0.29) is 17.8 Å². The summed E-state index contributed by atoms with van der Waals surface area (Å²) >= 11 is 1.42. The number of carbonyl (C=O) groups excluding carboxylic acids is 2. The largest absolute Gasteiger partial charge is 0.365 e. The number of anilines is 1. The second kappa shape index (κ2) is 5.46. The Morgan fingerprint density at radius 3 is 2.80 bits per heavy atom. The van der Waals surface area contributed by atoms with Crippen LogP contribution in [0.2, 0.25) is 0 Å². The molecule has 2 aromatic rings. The molecule has 6 N–H and O–H groups in total. The van der Waals surface area contributed by atoms with E-state index in [9.17, 15) is 9.59 Å². The Bertz CT molecular complexity index is 710. The van der Waals surface area contributed by atoms with Crippen LogP contribution in [0, 0.1) is 11.3 Å². The Morgan fingerprint density at radius 1 is 1.45 bits per heavy atom. The molecule has 0 aromatic carbocycles. The van der Waals surface area contributed by atoms with E-state index in [2.05, 4.69) is 16.4 Å². The number of aromatic nitrogens is 1. The number of rotatable bonds is 4. The molecule has 0 aliphatic carbocycles. The number of thiophene rings is 1. The van der Waals surface area contributed by atoms with E-state index in [1.54, 1.807) is 0 Å². The lowest BCUT2D eigenvalue weighted by atomic mass is 10.1. The minimum Gasteiger partial charge on any atom is -0.365 e. The molecule has 0 bridgehead atoms. The van der Waals surface area contributed by atoms with Gasteiger partial charge in [-0.2, -0.15) is 5.26 Å². The summed E-state index contributed by atoms with van der Waals surface area (Å²) in [6.07, 6.45) is 0.252. The second-order valence-electron chi connectivity index (χ2n) is 3.94. The molecule has 2 rings (SSSR count). The Morgan fingerprint density at radius 2 is 2.20 bits per heavy atom. The van der Waals surface area contributed by atoms with Crippen molar-refractivity contribution in [2.45, 2.75) is 6.42 Å². The summed E-state index contributed by atoms with van der Waals surface area (Å²) in [6.45, 7) is 0. The molecule has 0 aliphatic heterocycles. The SMILES string of the molecule is N#CCc1ccsc1-c1cc(C(N)=O)c(NC(N)=O)[nH]1. The van der Waals surface area contributed by atoms with Crippen molar-refractivity contribution in [3.63, 3.8) is 0 Å². The number of hydrogen-bond donors (Lipinski definition) is 4. The minimum absolute atomic E-state index is 0.134. The Hall–Kier alpha value is -2.79. The number of nitrogens with two attached hydrogens (primary N) is 2. The summed E-state index contributed by atoms with van der Waals surface area (Å²) in [4.78, 5) is 26.0. The quantitative estimate of drug-likeness (QED) is 0.676. The molecular weight excluding hydrogens is 278 g/mol. The van der Waals surface area contributed by atoms with Gasteiger partial charge in [0.05, 0.1) is 28.6 Å². The third-order valence-corrected chi connectivity index (χ3v) is 3.58. The van der Waals surface area contributed by atoms with Gasteiger partial charge in [-0.05, 0) is 23.1 Å². The lowest BCUT2D eigenvalue weighted by Gasteiger charge is -2.00. The first-order valence-corrected chi connectivity index (χ1v) is 6.44. The van der Waals surface area contributed by atoms with Gasteiger partial charge in [0.2, 0.25) is 0 Å². The molecule has 3 amide bonds. The molecule has 2 aromatic heterocycles. The lowest BCUT2D eigenvalue weighted by Crippen LogP contribution is -2.22. The number of nitrogens with zero attached hydrogens (tertiary/aromatic N) is 1. The number of H-pyrrole nitrogens is 1. The van der Waals surface area contributed by atoms with E-state index < -0.39 is 11.9 Å². The van der Waals surface area contributed by atoms with Crippen molar-refractivity contribution in [1.29, 1.82) is 5.26 Å². The molecule has 0 aliphatic rings. The minimum atomic E-state index is -0.802. The standard InChI is InChI=1S/C12H11N5O2S/c13-3-1-6-2-4-20-9(6)8-5-7(10(14)18)11(16-8)17-12(15)19/h2,4-5,16H,1H2,(H2,14,18)(H3,15,17,19). The van der Waals surface area contributed by atoms with Crippen LogP contribution in [-0.4, -0.2) is 16.9 Å². The van der Waals surface area contributed by atoms with Gasteiger partial charge in [-0.3, -0.25) is 10.1 Å². The van der Waals surface area contributed by atoms with Gasteiger partial charge in [0.15, 0.2) is 0 Å². The van der Waals surface area contributed by atoms with Gasteiger partial charge in [-0.1, -0.05) is 0 Å². The lowest BCUT2D eigenvalue weighted by molar-refractivity contribution is 0.100. The highest BCUT2D eigenvalue weighted by Crippen LogP contribution is 2.32. The number of amides is 3. The van der Waals surface area contributed by atoms with Gasteiger partial charge in [0.25, 0.3) is 5.91 Å². The first-order chi connectivity index (χ1) is 9.52. The van der Waals surface area contributed by atoms with Gasteiger partial charge < -0.3 is 16.5 Å². The number of urea groups is 1. The summed E-state index contributed by atoms with van der Waals surface area (Å²) in [6, 6.07) is 4.62. The van der Waals surface area contributed by atoms with Crippen molar-refractivity contribution >= 4 is 29.1 Å². The van der Waals surface area contributed by atoms with Crippen molar-refractivity contribution in [3.05, 3.63) is 28.6 Å². The molecule has 0 atom stereocenters. The van der Waals surface area contributed by atoms with Crippen LogP contribution >= 0.6 is 11.3 Å². The average molecular weight is 289 g/mol. The molecule has 102 valence electrons. The summed E-state index contributed by atoms with van der Waals surface area (Å²) in [5.74, 6) is -0.536. The Labute approximate surface area is 118 Å². The fraction of sp³-hybridized carbons (Fsp3) is 0.0833. The third kappa shape index (κ3) is 2.62. The maximum atomic E-state index is 11.4. The predicted octanol–water partition coefficient (Wildman–Crippen LogP) is 1.40. The van der Waals surface area contributed by atoms with Crippen LogP contribution in [0.5, 0.6) is 0 Å². The van der Waals surface area contributed by atoms with Crippen molar-refractivity contribution < 1.29 is 9.59 Å². The summed E-state index contributed by atoms with van der Waals surface area (Å²) in [5.41, 5.74) is 11.9. The van der Waals surface area contributed by atoms with Crippen LogP contribution < -0.4 is 16.8 Å². The number of nitrogens with one attached hydrogen (secondary N) is 2. The molecule has 2 heterocycles. The normalized spacial score (nSPS) is 9.95. The van der Waals surface area contributed by atoms with E-state index in [4.69, 9.17) is 16.7 Å². The molecule has 0 saturated heterocycles. The molecule has 0 unspecified atom stereocenters. The topological polar surface area (TPSA) is 138 Å². The summed E-state index contributed by atoms with van der Waals surface area (Å²) in [7, 11) is 0. The van der Waals surface area contributed by atoms with E-state index in [1.807, 2.05) is 11.4 Å². The molecule has 0 saturated carbocycles. The maximum Gasteiger partial charge on any atom is 0.317 e.